The van der Waals surface area contributed by atoms with Gasteiger partial charge in [0.2, 0.25) is 18.3 Å². The first-order chi connectivity index (χ1) is 11.4. The monoisotopic (exact) mass is 357 g/mol. The standard InChI is InChI=1S/C13H12F3N6OS/c1-24-12-19-10-9(13(14,15)16)6-18-22(10)11(20-12)17-5-8-3-2-4-21(23)7-8/h2-4,6-7,23H,5H2,1H3,(H,17,19,20)/q+1. The quantitative estimate of drug-likeness (QED) is 0.422. The number of pyridine rings is 1. The molecule has 0 aliphatic heterocycles. The molecule has 3 aromatic heterocycles. The van der Waals surface area contributed by atoms with Gasteiger partial charge in [-0.3, -0.25) is 5.21 Å². The summed E-state index contributed by atoms with van der Waals surface area (Å²) in [6.45, 7) is 0.239. The summed E-state index contributed by atoms with van der Waals surface area (Å²) in [6, 6.07) is 3.38. The van der Waals surface area contributed by atoms with Crippen molar-refractivity contribution in [2.45, 2.75) is 17.9 Å². The minimum atomic E-state index is -4.55. The minimum absolute atomic E-state index is 0.133. The summed E-state index contributed by atoms with van der Waals surface area (Å²) in [5.41, 5.74) is -0.522. The molecule has 0 radical (unpaired) electrons. The number of hydrogen-bond donors (Lipinski definition) is 2. The van der Waals surface area contributed by atoms with Crippen molar-refractivity contribution in [3.05, 3.63) is 41.9 Å². The Bertz CT molecular complexity index is 882. The van der Waals surface area contributed by atoms with Crippen LogP contribution in [0.15, 0.2) is 35.9 Å². The van der Waals surface area contributed by atoms with E-state index in [1.165, 1.54) is 12.4 Å². The van der Waals surface area contributed by atoms with Crippen LogP contribution in [0.2, 0.25) is 0 Å². The van der Waals surface area contributed by atoms with Crippen molar-refractivity contribution in [3.63, 3.8) is 0 Å². The number of nitrogens with one attached hydrogen (secondary N) is 1. The number of aromatic nitrogens is 5. The largest absolute Gasteiger partial charge is 0.421 e. The van der Waals surface area contributed by atoms with Crippen molar-refractivity contribution < 1.29 is 23.1 Å². The van der Waals surface area contributed by atoms with Crippen molar-refractivity contribution >= 4 is 23.4 Å². The average Bonchev–Trinajstić information content (AvgIpc) is 2.96. The van der Waals surface area contributed by atoms with Crippen molar-refractivity contribution in [2.75, 3.05) is 11.6 Å². The summed E-state index contributed by atoms with van der Waals surface area (Å²) in [4.78, 5) is 8.05. The second-order valence-electron chi connectivity index (χ2n) is 4.77. The zero-order chi connectivity index (χ0) is 17.3. The Balaban J connectivity index is 1.99. The molecule has 11 heteroatoms. The molecule has 0 fully saturated rings. The second-order valence-corrected chi connectivity index (χ2v) is 5.54. The van der Waals surface area contributed by atoms with E-state index in [9.17, 15) is 18.4 Å². The van der Waals surface area contributed by atoms with Crippen molar-refractivity contribution in [1.29, 1.82) is 0 Å². The summed E-state index contributed by atoms with van der Waals surface area (Å²) in [6.07, 6.45) is 0.756. The van der Waals surface area contributed by atoms with Crippen LogP contribution in [0.25, 0.3) is 5.65 Å². The fourth-order valence-electron chi connectivity index (χ4n) is 2.06. The predicted octanol–water partition coefficient (Wildman–Crippen LogP) is 2.00. The predicted molar refractivity (Wildman–Crippen MR) is 78.7 cm³/mol. The minimum Gasteiger partial charge on any atom is -0.350 e. The van der Waals surface area contributed by atoms with E-state index in [1.54, 1.807) is 18.4 Å². The average molecular weight is 357 g/mol. The molecular weight excluding hydrogens is 345 g/mol. The van der Waals surface area contributed by atoms with Crippen LogP contribution in [0.3, 0.4) is 0 Å². The summed E-state index contributed by atoms with van der Waals surface area (Å²) >= 11 is 1.13. The molecule has 0 atom stereocenters. The fraction of sp³-hybridized carbons (Fsp3) is 0.231. The van der Waals surface area contributed by atoms with E-state index in [4.69, 9.17) is 0 Å². The number of thioether (sulfide) groups is 1. The van der Waals surface area contributed by atoms with Crippen LogP contribution in [0, 0.1) is 0 Å². The maximum Gasteiger partial charge on any atom is 0.421 e. The van der Waals surface area contributed by atoms with Gasteiger partial charge in [-0.15, -0.1) is 0 Å². The van der Waals surface area contributed by atoms with E-state index < -0.39 is 11.7 Å². The summed E-state index contributed by atoms with van der Waals surface area (Å²) < 4.78 is 41.0. The molecule has 126 valence electrons. The Kier molecular flexibility index (Phi) is 4.18. The normalized spacial score (nSPS) is 11.8. The van der Waals surface area contributed by atoms with E-state index in [0.29, 0.717) is 5.56 Å². The third-order valence-corrected chi connectivity index (χ3v) is 3.68. The van der Waals surface area contributed by atoms with Crippen LogP contribution in [0.1, 0.15) is 11.1 Å². The molecule has 24 heavy (non-hydrogen) atoms. The van der Waals surface area contributed by atoms with E-state index in [-0.39, 0.29) is 23.3 Å². The van der Waals surface area contributed by atoms with Gasteiger partial charge in [0, 0.05) is 22.9 Å². The van der Waals surface area contributed by atoms with Gasteiger partial charge in [-0.2, -0.15) is 27.8 Å². The Morgan fingerprint density at radius 2 is 2.17 bits per heavy atom. The van der Waals surface area contributed by atoms with Crippen LogP contribution in [-0.4, -0.2) is 31.0 Å². The molecule has 7 nitrogen and oxygen atoms in total. The third-order valence-electron chi connectivity index (χ3n) is 3.13. The highest BCUT2D eigenvalue weighted by molar-refractivity contribution is 7.98. The Morgan fingerprint density at radius 3 is 2.83 bits per heavy atom. The van der Waals surface area contributed by atoms with E-state index >= 15 is 0 Å². The first-order valence-electron chi connectivity index (χ1n) is 6.69. The van der Waals surface area contributed by atoms with Crippen LogP contribution >= 0.6 is 11.8 Å². The van der Waals surface area contributed by atoms with E-state index in [2.05, 4.69) is 20.4 Å². The summed E-state index contributed by atoms with van der Waals surface area (Å²) in [7, 11) is 0. The third kappa shape index (κ3) is 3.20. The second kappa shape index (κ2) is 6.15. The lowest BCUT2D eigenvalue weighted by atomic mass is 10.3. The molecule has 3 aromatic rings. The van der Waals surface area contributed by atoms with Crippen LogP contribution in [0.4, 0.5) is 19.1 Å². The smallest absolute Gasteiger partial charge is 0.350 e. The van der Waals surface area contributed by atoms with Crippen LogP contribution in [-0.2, 0) is 12.7 Å². The molecule has 3 rings (SSSR count). The summed E-state index contributed by atoms with van der Waals surface area (Å²) in [5, 5.41) is 16.2. The van der Waals surface area contributed by atoms with Gasteiger partial charge in [-0.1, -0.05) is 11.8 Å². The molecule has 0 aliphatic carbocycles. The van der Waals surface area contributed by atoms with Crippen LogP contribution in [0.5, 0.6) is 0 Å². The molecular formula is C13H12F3N6OS+. The first-order valence-corrected chi connectivity index (χ1v) is 7.91. The maximum atomic E-state index is 13.0. The zero-order valence-electron chi connectivity index (χ0n) is 12.3. The van der Waals surface area contributed by atoms with Gasteiger partial charge in [0.25, 0.3) is 0 Å². The van der Waals surface area contributed by atoms with Gasteiger partial charge in [0.1, 0.15) is 5.56 Å². The number of fused-ring (bicyclic) bond motifs is 1. The number of halogens is 3. The molecule has 0 saturated carbocycles. The highest BCUT2D eigenvalue weighted by Gasteiger charge is 2.36. The topological polar surface area (TPSA) is 79.2 Å². The molecule has 2 N–H and O–H groups in total. The number of hydrogen-bond acceptors (Lipinski definition) is 6. The highest BCUT2D eigenvalue weighted by Crippen LogP contribution is 2.32. The molecule has 3 heterocycles. The molecule has 0 spiro atoms. The van der Waals surface area contributed by atoms with Gasteiger partial charge >= 0.3 is 6.18 Å². The van der Waals surface area contributed by atoms with Gasteiger partial charge in [-0.05, 0) is 12.3 Å². The molecule has 0 aliphatic rings. The SMILES string of the molecule is CSc1nc(NCc2ccc[n+](O)c2)n2ncc(C(F)(F)F)c2n1. The first kappa shape index (κ1) is 16.3. The van der Waals surface area contributed by atoms with Crippen molar-refractivity contribution in [1.82, 2.24) is 19.6 Å². The maximum absolute atomic E-state index is 13.0. The van der Waals surface area contributed by atoms with Gasteiger partial charge in [0.05, 0.1) is 6.20 Å². The van der Waals surface area contributed by atoms with Crippen molar-refractivity contribution in [2.24, 2.45) is 0 Å². The fourth-order valence-corrected chi connectivity index (χ4v) is 2.42. The molecule has 0 amide bonds. The van der Waals surface area contributed by atoms with Crippen molar-refractivity contribution in [3.8, 4) is 0 Å². The Labute approximate surface area is 138 Å². The molecule has 0 saturated heterocycles. The lowest BCUT2D eigenvalue weighted by Crippen LogP contribution is -2.29. The van der Waals surface area contributed by atoms with Crippen LogP contribution < -0.4 is 10.0 Å². The summed E-state index contributed by atoms with van der Waals surface area (Å²) in [5.74, 6) is 0.133. The van der Waals surface area contributed by atoms with E-state index in [0.717, 1.165) is 27.2 Å². The molecule has 0 bridgehead atoms. The molecule has 0 unspecified atom stereocenters. The number of nitrogens with zero attached hydrogens (tertiary/aromatic N) is 5. The molecule has 0 aromatic carbocycles. The van der Waals surface area contributed by atoms with Gasteiger partial charge in [0.15, 0.2) is 10.8 Å². The number of alkyl halides is 3. The number of anilines is 1. The lowest BCUT2D eigenvalue weighted by molar-refractivity contribution is -0.905. The Hall–Kier alpha value is -2.56. The Morgan fingerprint density at radius 1 is 1.38 bits per heavy atom. The van der Waals surface area contributed by atoms with Gasteiger partial charge in [-0.25, -0.2) is 4.98 Å². The van der Waals surface area contributed by atoms with Gasteiger partial charge < -0.3 is 5.32 Å². The number of rotatable bonds is 4. The van der Waals surface area contributed by atoms with E-state index in [1.807, 2.05) is 0 Å². The lowest BCUT2D eigenvalue weighted by Gasteiger charge is -2.09. The zero-order valence-corrected chi connectivity index (χ0v) is 13.1. The highest BCUT2D eigenvalue weighted by atomic mass is 32.2.